The maximum absolute atomic E-state index is 11.0. The molecule has 1 amide bonds. The molecule has 0 radical (unpaired) electrons. The molecule has 0 saturated heterocycles. The number of esters is 1. The van der Waals surface area contributed by atoms with Crippen molar-refractivity contribution >= 4 is 17.6 Å². The lowest BCUT2D eigenvalue weighted by Crippen LogP contribution is -2.07. The molecule has 1 aromatic carbocycles. The Morgan fingerprint density at radius 2 is 1.87 bits per heavy atom. The second-order valence-electron chi connectivity index (χ2n) is 3.03. The molecule has 0 aliphatic carbocycles. The molecule has 1 aromatic rings. The standard InChI is InChI=1S/C11H13NO3/c1-3-11(14)15-10-6-4-9(5-7-10)12-8(2)13/h4-7H,3H2,1-2H3,(H,12,13). The summed E-state index contributed by atoms with van der Waals surface area (Å²) >= 11 is 0. The van der Waals surface area contributed by atoms with Crippen LogP contribution in [0.2, 0.25) is 0 Å². The van der Waals surface area contributed by atoms with E-state index in [-0.39, 0.29) is 11.9 Å². The topological polar surface area (TPSA) is 55.4 Å². The minimum Gasteiger partial charge on any atom is -0.427 e. The first kappa shape index (κ1) is 11.2. The molecule has 0 aliphatic heterocycles. The molecule has 0 saturated carbocycles. The van der Waals surface area contributed by atoms with Crippen LogP contribution in [0.5, 0.6) is 5.75 Å². The summed E-state index contributed by atoms with van der Waals surface area (Å²) in [7, 11) is 0. The van der Waals surface area contributed by atoms with Crippen LogP contribution in [0, 0.1) is 0 Å². The SMILES string of the molecule is CCC(=O)Oc1ccc(NC(C)=O)cc1. The van der Waals surface area contributed by atoms with Gasteiger partial charge in [0.2, 0.25) is 5.91 Å². The highest BCUT2D eigenvalue weighted by atomic mass is 16.5. The number of hydrogen-bond donors (Lipinski definition) is 1. The fourth-order valence-corrected chi connectivity index (χ4v) is 1.01. The number of rotatable bonds is 3. The number of hydrogen-bond acceptors (Lipinski definition) is 3. The van der Waals surface area contributed by atoms with Gasteiger partial charge in [0.25, 0.3) is 0 Å². The Bertz CT molecular complexity index is 357. The smallest absolute Gasteiger partial charge is 0.310 e. The summed E-state index contributed by atoms with van der Waals surface area (Å²) in [4.78, 5) is 21.7. The maximum atomic E-state index is 11.0. The third kappa shape index (κ3) is 3.81. The van der Waals surface area contributed by atoms with Gasteiger partial charge >= 0.3 is 5.97 Å². The van der Waals surface area contributed by atoms with E-state index in [0.29, 0.717) is 17.9 Å². The van der Waals surface area contributed by atoms with Crippen LogP contribution < -0.4 is 10.1 Å². The van der Waals surface area contributed by atoms with E-state index < -0.39 is 0 Å². The fraction of sp³-hybridized carbons (Fsp3) is 0.273. The fourth-order valence-electron chi connectivity index (χ4n) is 1.01. The molecule has 1 rings (SSSR count). The Hall–Kier alpha value is -1.84. The molecule has 0 heterocycles. The van der Waals surface area contributed by atoms with Crippen LogP contribution in [0.25, 0.3) is 0 Å². The van der Waals surface area contributed by atoms with Gasteiger partial charge < -0.3 is 10.1 Å². The van der Waals surface area contributed by atoms with E-state index in [9.17, 15) is 9.59 Å². The zero-order chi connectivity index (χ0) is 11.3. The summed E-state index contributed by atoms with van der Waals surface area (Å²) in [5, 5.41) is 2.62. The van der Waals surface area contributed by atoms with E-state index >= 15 is 0 Å². The van der Waals surface area contributed by atoms with Gasteiger partial charge in [0, 0.05) is 19.0 Å². The van der Waals surface area contributed by atoms with Crippen molar-refractivity contribution in [2.24, 2.45) is 0 Å². The first-order chi connectivity index (χ1) is 7.11. The van der Waals surface area contributed by atoms with Crippen molar-refractivity contribution in [1.29, 1.82) is 0 Å². The minimum absolute atomic E-state index is 0.131. The van der Waals surface area contributed by atoms with Gasteiger partial charge in [-0.05, 0) is 24.3 Å². The first-order valence-electron chi connectivity index (χ1n) is 4.70. The quantitative estimate of drug-likeness (QED) is 0.609. The number of anilines is 1. The average molecular weight is 207 g/mol. The van der Waals surface area contributed by atoms with E-state index in [4.69, 9.17) is 4.74 Å². The zero-order valence-corrected chi connectivity index (χ0v) is 8.74. The highest BCUT2D eigenvalue weighted by Gasteiger charge is 2.01. The van der Waals surface area contributed by atoms with Crippen molar-refractivity contribution in [3.63, 3.8) is 0 Å². The van der Waals surface area contributed by atoms with Gasteiger partial charge in [-0.3, -0.25) is 9.59 Å². The van der Waals surface area contributed by atoms with Crippen molar-refractivity contribution in [2.45, 2.75) is 20.3 Å². The molecule has 15 heavy (non-hydrogen) atoms. The first-order valence-corrected chi connectivity index (χ1v) is 4.70. The molecule has 0 aromatic heterocycles. The molecule has 80 valence electrons. The minimum atomic E-state index is -0.276. The Morgan fingerprint density at radius 3 is 2.33 bits per heavy atom. The van der Waals surface area contributed by atoms with Gasteiger partial charge in [-0.25, -0.2) is 0 Å². The van der Waals surface area contributed by atoms with Crippen LogP contribution in [-0.2, 0) is 9.59 Å². The molecule has 4 nitrogen and oxygen atoms in total. The van der Waals surface area contributed by atoms with E-state index in [0.717, 1.165) is 0 Å². The number of carbonyl (C=O) groups is 2. The highest BCUT2D eigenvalue weighted by molar-refractivity contribution is 5.88. The second-order valence-corrected chi connectivity index (χ2v) is 3.03. The number of amides is 1. The number of benzene rings is 1. The second kappa shape index (κ2) is 5.14. The van der Waals surface area contributed by atoms with Gasteiger partial charge in [0.1, 0.15) is 5.75 Å². The lowest BCUT2D eigenvalue weighted by molar-refractivity contribution is -0.134. The third-order valence-electron chi connectivity index (χ3n) is 1.70. The predicted octanol–water partition coefficient (Wildman–Crippen LogP) is 1.96. The van der Waals surface area contributed by atoms with E-state index in [1.54, 1.807) is 31.2 Å². The van der Waals surface area contributed by atoms with Crippen molar-refractivity contribution < 1.29 is 14.3 Å². The van der Waals surface area contributed by atoms with Crippen molar-refractivity contribution in [1.82, 2.24) is 0 Å². The Balaban J connectivity index is 2.64. The van der Waals surface area contributed by atoms with E-state index in [2.05, 4.69) is 5.32 Å². The normalized spacial score (nSPS) is 9.47. The Kier molecular flexibility index (Phi) is 3.85. The summed E-state index contributed by atoms with van der Waals surface area (Å²) in [6.45, 7) is 3.17. The number of ether oxygens (including phenoxy) is 1. The summed E-state index contributed by atoms with van der Waals surface area (Å²) in [6, 6.07) is 6.64. The molecule has 0 atom stereocenters. The van der Waals surface area contributed by atoms with Gasteiger partial charge in [0.15, 0.2) is 0 Å². The summed E-state index contributed by atoms with van der Waals surface area (Å²) < 4.78 is 4.97. The summed E-state index contributed by atoms with van der Waals surface area (Å²) in [5.74, 6) is 0.0755. The van der Waals surface area contributed by atoms with Crippen molar-refractivity contribution in [2.75, 3.05) is 5.32 Å². The molecule has 0 spiro atoms. The van der Waals surface area contributed by atoms with Crippen LogP contribution in [-0.4, -0.2) is 11.9 Å². The van der Waals surface area contributed by atoms with Crippen LogP contribution >= 0.6 is 0 Å². The molecular weight excluding hydrogens is 194 g/mol. The molecule has 4 heteroatoms. The summed E-state index contributed by atoms with van der Waals surface area (Å²) in [6.07, 6.45) is 0.341. The molecule has 0 aliphatic rings. The lowest BCUT2D eigenvalue weighted by atomic mass is 10.3. The van der Waals surface area contributed by atoms with Crippen LogP contribution in [0.4, 0.5) is 5.69 Å². The third-order valence-corrected chi connectivity index (χ3v) is 1.70. The Labute approximate surface area is 88.2 Å². The predicted molar refractivity (Wildman–Crippen MR) is 56.7 cm³/mol. The zero-order valence-electron chi connectivity index (χ0n) is 8.74. The molecule has 0 fully saturated rings. The van der Waals surface area contributed by atoms with Gasteiger partial charge in [-0.15, -0.1) is 0 Å². The Morgan fingerprint density at radius 1 is 1.27 bits per heavy atom. The lowest BCUT2D eigenvalue weighted by Gasteiger charge is -2.04. The number of carbonyl (C=O) groups excluding carboxylic acids is 2. The van der Waals surface area contributed by atoms with Gasteiger partial charge in [-0.2, -0.15) is 0 Å². The van der Waals surface area contributed by atoms with Gasteiger partial charge in [-0.1, -0.05) is 6.92 Å². The number of nitrogens with one attached hydrogen (secondary N) is 1. The van der Waals surface area contributed by atoms with Crippen LogP contribution in [0.1, 0.15) is 20.3 Å². The van der Waals surface area contributed by atoms with Crippen molar-refractivity contribution in [3.8, 4) is 5.75 Å². The van der Waals surface area contributed by atoms with Crippen molar-refractivity contribution in [3.05, 3.63) is 24.3 Å². The molecule has 0 unspecified atom stereocenters. The van der Waals surface area contributed by atoms with Crippen LogP contribution in [0.3, 0.4) is 0 Å². The average Bonchev–Trinajstić information content (AvgIpc) is 2.20. The highest BCUT2D eigenvalue weighted by Crippen LogP contribution is 2.15. The largest absolute Gasteiger partial charge is 0.427 e. The molecular formula is C11H13NO3. The monoisotopic (exact) mass is 207 g/mol. The van der Waals surface area contributed by atoms with Crippen LogP contribution in [0.15, 0.2) is 24.3 Å². The summed E-state index contributed by atoms with van der Waals surface area (Å²) in [5.41, 5.74) is 0.679. The van der Waals surface area contributed by atoms with E-state index in [1.165, 1.54) is 6.92 Å². The molecule has 1 N–H and O–H groups in total. The molecule has 0 bridgehead atoms. The van der Waals surface area contributed by atoms with Gasteiger partial charge in [0.05, 0.1) is 0 Å². The maximum Gasteiger partial charge on any atom is 0.310 e. The van der Waals surface area contributed by atoms with E-state index in [1.807, 2.05) is 0 Å².